The number of pyridine rings is 1. The van der Waals surface area contributed by atoms with Gasteiger partial charge in [0.25, 0.3) is 0 Å². The summed E-state index contributed by atoms with van der Waals surface area (Å²) in [4.78, 5) is 12.5. The number of nitrogens with one attached hydrogen (secondary N) is 1. The topological polar surface area (TPSA) is 99.2 Å². The first-order valence-electron chi connectivity index (χ1n) is 10.7. The molecule has 1 aromatic carbocycles. The van der Waals surface area contributed by atoms with Gasteiger partial charge < -0.3 is 10.1 Å². The van der Waals surface area contributed by atoms with E-state index in [-0.39, 0.29) is 30.1 Å². The van der Waals surface area contributed by atoms with Crippen LogP contribution in [0.4, 0.5) is 4.39 Å². The van der Waals surface area contributed by atoms with Gasteiger partial charge in [0.05, 0.1) is 24.9 Å². The summed E-state index contributed by atoms with van der Waals surface area (Å²) in [5, 5.41) is 20.3. The van der Waals surface area contributed by atoms with E-state index in [1.165, 1.54) is 23.9 Å². The van der Waals surface area contributed by atoms with E-state index in [9.17, 15) is 9.18 Å². The van der Waals surface area contributed by atoms with Crippen LogP contribution >= 0.6 is 11.8 Å². The van der Waals surface area contributed by atoms with Crippen molar-refractivity contribution in [1.82, 2.24) is 34.7 Å². The van der Waals surface area contributed by atoms with Gasteiger partial charge in [-0.3, -0.25) is 13.8 Å². The summed E-state index contributed by atoms with van der Waals surface area (Å²) in [6, 6.07) is 11.8. The number of rotatable bonds is 8. The van der Waals surface area contributed by atoms with Crippen molar-refractivity contribution in [3.63, 3.8) is 0 Å². The number of aromatic nitrogens is 6. The Balaban J connectivity index is 1.27. The van der Waals surface area contributed by atoms with Crippen molar-refractivity contribution in [3.05, 3.63) is 60.3 Å². The third kappa shape index (κ3) is 4.88. The van der Waals surface area contributed by atoms with Crippen LogP contribution in [0.5, 0.6) is 0 Å². The molecule has 0 aliphatic carbocycles. The predicted molar refractivity (Wildman–Crippen MR) is 120 cm³/mol. The zero-order chi connectivity index (χ0) is 22.6. The van der Waals surface area contributed by atoms with Crippen molar-refractivity contribution in [2.45, 2.75) is 37.2 Å². The molecular formula is C22H22FN7O2S. The van der Waals surface area contributed by atoms with Crippen LogP contribution < -0.4 is 5.32 Å². The van der Waals surface area contributed by atoms with Gasteiger partial charge in [-0.1, -0.05) is 17.8 Å². The second-order valence-corrected chi connectivity index (χ2v) is 8.61. The third-order valence-electron chi connectivity index (χ3n) is 5.39. The minimum Gasteiger partial charge on any atom is -0.376 e. The highest BCUT2D eigenvalue weighted by Crippen LogP contribution is 2.26. The lowest BCUT2D eigenvalue weighted by Gasteiger charge is -2.14. The number of carbonyl (C=O) groups is 1. The van der Waals surface area contributed by atoms with E-state index in [1.54, 1.807) is 12.1 Å². The molecule has 11 heteroatoms. The first-order valence-corrected chi connectivity index (χ1v) is 11.6. The van der Waals surface area contributed by atoms with Crippen molar-refractivity contribution >= 4 is 23.3 Å². The average Bonchev–Trinajstić information content (AvgIpc) is 3.58. The molecule has 1 aliphatic rings. The second-order valence-electron chi connectivity index (χ2n) is 7.67. The lowest BCUT2D eigenvalue weighted by Crippen LogP contribution is -2.26. The number of carbonyl (C=O) groups excluding carboxylic acids is 1. The Morgan fingerprint density at radius 2 is 2.03 bits per heavy atom. The molecular weight excluding hydrogens is 445 g/mol. The molecule has 0 radical (unpaired) electrons. The first kappa shape index (κ1) is 21.5. The lowest BCUT2D eigenvalue weighted by atomic mass is 10.2. The Morgan fingerprint density at radius 3 is 2.85 bits per heavy atom. The summed E-state index contributed by atoms with van der Waals surface area (Å²) in [7, 11) is 0. The molecule has 1 saturated heterocycles. The van der Waals surface area contributed by atoms with E-state index in [1.807, 2.05) is 33.4 Å². The van der Waals surface area contributed by atoms with E-state index in [2.05, 4.69) is 25.7 Å². The van der Waals surface area contributed by atoms with Crippen LogP contribution in [0.2, 0.25) is 0 Å². The normalized spacial score (nSPS) is 15.8. The van der Waals surface area contributed by atoms with Crippen molar-refractivity contribution < 1.29 is 13.9 Å². The van der Waals surface area contributed by atoms with Crippen LogP contribution in [0.15, 0.2) is 53.8 Å². The van der Waals surface area contributed by atoms with Crippen LogP contribution in [-0.4, -0.2) is 53.7 Å². The molecule has 0 saturated carbocycles. The minimum absolute atomic E-state index is 0.0644. The average molecular weight is 468 g/mol. The summed E-state index contributed by atoms with van der Waals surface area (Å²) < 4.78 is 23.0. The molecule has 0 spiro atoms. The van der Waals surface area contributed by atoms with Crippen LogP contribution in [0.25, 0.3) is 17.0 Å². The quantitative estimate of drug-likeness (QED) is 0.398. The standard InChI is InChI=1S/C22H22FN7O2S/c23-16-8-6-15(7-9-16)21-27-28-22(30(21)13-17-4-3-11-32-17)33-14-20(31)24-12-19-26-25-18-5-1-2-10-29(18)19/h1-2,5-10,17H,3-4,11-14H2,(H,24,31)/t17-/m0/s1. The Hall–Kier alpha value is -3.31. The second kappa shape index (κ2) is 9.67. The highest BCUT2D eigenvalue weighted by atomic mass is 32.2. The molecule has 1 atom stereocenters. The Labute approximate surface area is 193 Å². The van der Waals surface area contributed by atoms with Gasteiger partial charge in [0.1, 0.15) is 5.82 Å². The Morgan fingerprint density at radius 1 is 1.15 bits per heavy atom. The summed E-state index contributed by atoms with van der Waals surface area (Å²) in [5.74, 6) is 0.995. The number of fused-ring (bicyclic) bond motifs is 1. The van der Waals surface area contributed by atoms with Gasteiger partial charge in [0.15, 0.2) is 22.5 Å². The molecule has 9 nitrogen and oxygen atoms in total. The Bertz CT molecular complexity index is 1250. The molecule has 0 unspecified atom stereocenters. The van der Waals surface area contributed by atoms with Gasteiger partial charge in [-0.25, -0.2) is 4.39 Å². The predicted octanol–water partition coefficient (Wildman–Crippen LogP) is 2.71. The van der Waals surface area contributed by atoms with Gasteiger partial charge in [-0.2, -0.15) is 0 Å². The fraction of sp³-hybridized carbons (Fsp3) is 0.318. The van der Waals surface area contributed by atoms with Gasteiger partial charge in [-0.05, 0) is 49.2 Å². The van der Waals surface area contributed by atoms with Crippen LogP contribution in [-0.2, 0) is 22.6 Å². The molecule has 33 heavy (non-hydrogen) atoms. The van der Waals surface area contributed by atoms with Crippen molar-refractivity contribution in [2.24, 2.45) is 0 Å². The molecule has 170 valence electrons. The molecule has 1 amide bonds. The maximum Gasteiger partial charge on any atom is 0.230 e. The van der Waals surface area contributed by atoms with Crippen LogP contribution in [0.3, 0.4) is 0 Å². The van der Waals surface area contributed by atoms with Crippen molar-refractivity contribution in [3.8, 4) is 11.4 Å². The van der Waals surface area contributed by atoms with Crippen molar-refractivity contribution in [2.75, 3.05) is 12.4 Å². The SMILES string of the molecule is O=C(CSc1nnc(-c2ccc(F)cc2)n1C[C@@H]1CCCO1)NCc1nnc2ccccn12. The monoisotopic (exact) mass is 467 g/mol. The molecule has 1 aliphatic heterocycles. The number of benzene rings is 1. The summed E-state index contributed by atoms with van der Waals surface area (Å²) in [6.07, 6.45) is 3.89. The highest BCUT2D eigenvalue weighted by molar-refractivity contribution is 7.99. The van der Waals surface area contributed by atoms with E-state index < -0.39 is 0 Å². The molecule has 1 fully saturated rings. The molecule has 0 bridgehead atoms. The van der Waals surface area contributed by atoms with Crippen molar-refractivity contribution in [1.29, 1.82) is 0 Å². The molecule has 3 aromatic heterocycles. The van der Waals surface area contributed by atoms with E-state index in [4.69, 9.17) is 4.74 Å². The minimum atomic E-state index is -0.310. The number of thioether (sulfide) groups is 1. The summed E-state index contributed by atoms with van der Waals surface area (Å²) in [6.45, 7) is 1.59. The van der Waals surface area contributed by atoms with Gasteiger partial charge >= 0.3 is 0 Å². The smallest absolute Gasteiger partial charge is 0.230 e. The van der Waals surface area contributed by atoms with E-state index in [0.29, 0.717) is 23.4 Å². The van der Waals surface area contributed by atoms with E-state index >= 15 is 0 Å². The van der Waals surface area contributed by atoms with Crippen LogP contribution in [0, 0.1) is 5.82 Å². The van der Waals surface area contributed by atoms with Gasteiger partial charge in [0.2, 0.25) is 5.91 Å². The summed E-state index contributed by atoms with van der Waals surface area (Å²) in [5.41, 5.74) is 1.49. The fourth-order valence-electron chi connectivity index (χ4n) is 3.73. The number of hydrogen-bond donors (Lipinski definition) is 1. The maximum atomic E-state index is 13.4. The first-order chi connectivity index (χ1) is 16.2. The largest absolute Gasteiger partial charge is 0.376 e. The van der Waals surface area contributed by atoms with Gasteiger partial charge in [-0.15, -0.1) is 20.4 Å². The number of halogens is 1. The number of nitrogens with zero attached hydrogens (tertiary/aromatic N) is 6. The zero-order valence-electron chi connectivity index (χ0n) is 17.7. The fourth-order valence-corrected chi connectivity index (χ4v) is 4.51. The number of hydrogen-bond acceptors (Lipinski definition) is 7. The van der Waals surface area contributed by atoms with Gasteiger partial charge in [0, 0.05) is 18.4 Å². The zero-order valence-corrected chi connectivity index (χ0v) is 18.5. The lowest BCUT2D eigenvalue weighted by molar-refractivity contribution is -0.118. The third-order valence-corrected chi connectivity index (χ3v) is 6.36. The van der Waals surface area contributed by atoms with Crippen LogP contribution in [0.1, 0.15) is 18.7 Å². The molecule has 5 rings (SSSR count). The molecule has 1 N–H and O–H groups in total. The van der Waals surface area contributed by atoms with E-state index in [0.717, 1.165) is 30.7 Å². The molecule has 4 heterocycles. The number of ether oxygens (including phenoxy) is 1. The summed E-state index contributed by atoms with van der Waals surface area (Å²) >= 11 is 1.30. The Kier molecular flexibility index (Phi) is 6.31. The maximum absolute atomic E-state index is 13.4. The molecule has 4 aromatic rings. The number of amides is 1. The highest BCUT2D eigenvalue weighted by Gasteiger charge is 2.22.